The summed E-state index contributed by atoms with van der Waals surface area (Å²) in [6.07, 6.45) is 0. The molecule has 0 aliphatic carbocycles. The number of fused-ring (bicyclic) bond motifs is 1. The maximum Gasteiger partial charge on any atom is 0.248 e. The van der Waals surface area contributed by atoms with Gasteiger partial charge in [0.1, 0.15) is 6.04 Å². The van der Waals surface area contributed by atoms with Crippen LogP contribution in [0.4, 0.5) is 5.69 Å². The Kier molecular flexibility index (Phi) is 2.27. The van der Waals surface area contributed by atoms with Gasteiger partial charge in [-0.05, 0) is 31.9 Å². The smallest absolute Gasteiger partial charge is 0.248 e. The highest BCUT2D eigenvalue weighted by atomic mass is 16.2. The number of carbonyl (C=O) groups is 1. The summed E-state index contributed by atoms with van der Waals surface area (Å²) in [5.74, 6) is 0.0150. The molecule has 0 spiro atoms. The van der Waals surface area contributed by atoms with E-state index in [9.17, 15) is 4.79 Å². The molecule has 0 saturated heterocycles. The van der Waals surface area contributed by atoms with Crippen molar-refractivity contribution >= 4 is 11.6 Å². The molecular formula is C12H16N2O. The molecule has 1 aromatic carbocycles. The predicted molar refractivity (Wildman–Crippen MR) is 60.9 cm³/mol. The van der Waals surface area contributed by atoms with Crippen molar-refractivity contribution in [1.29, 1.82) is 0 Å². The van der Waals surface area contributed by atoms with Crippen LogP contribution >= 0.6 is 0 Å². The van der Waals surface area contributed by atoms with Crippen LogP contribution in [-0.2, 0) is 4.79 Å². The summed E-state index contributed by atoms with van der Waals surface area (Å²) in [5, 5.41) is 0. The lowest BCUT2D eigenvalue weighted by Crippen LogP contribution is -2.31. The van der Waals surface area contributed by atoms with E-state index in [1.54, 1.807) is 4.90 Å². The number of carbonyl (C=O) groups excluding carboxylic acids is 1. The minimum Gasteiger partial charge on any atom is -0.316 e. The van der Waals surface area contributed by atoms with E-state index in [2.05, 4.69) is 6.92 Å². The van der Waals surface area contributed by atoms with Crippen LogP contribution in [0, 0.1) is 13.8 Å². The van der Waals surface area contributed by atoms with Crippen LogP contribution in [0.2, 0.25) is 0 Å². The Morgan fingerprint density at radius 3 is 2.67 bits per heavy atom. The maximum absolute atomic E-state index is 11.9. The van der Waals surface area contributed by atoms with Gasteiger partial charge < -0.3 is 10.6 Å². The number of anilines is 1. The van der Waals surface area contributed by atoms with Gasteiger partial charge in [-0.3, -0.25) is 4.79 Å². The van der Waals surface area contributed by atoms with E-state index < -0.39 is 6.04 Å². The zero-order valence-electron chi connectivity index (χ0n) is 9.37. The largest absolute Gasteiger partial charge is 0.316 e. The fourth-order valence-electron chi connectivity index (χ4n) is 2.16. The van der Waals surface area contributed by atoms with Gasteiger partial charge in [0.15, 0.2) is 0 Å². The molecule has 0 saturated carbocycles. The summed E-state index contributed by atoms with van der Waals surface area (Å²) in [5.41, 5.74) is 10.2. The van der Waals surface area contributed by atoms with Crippen LogP contribution in [0.25, 0.3) is 0 Å². The first-order chi connectivity index (χ1) is 7.07. The van der Waals surface area contributed by atoms with Gasteiger partial charge in [-0.25, -0.2) is 0 Å². The predicted octanol–water partition coefficient (Wildman–Crippen LogP) is 1.67. The highest BCUT2D eigenvalue weighted by molar-refractivity contribution is 6.05. The molecule has 0 radical (unpaired) electrons. The summed E-state index contributed by atoms with van der Waals surface area (Å²) in [7, 11) is 0. The SMILES string of the molecule is CCN1C(=O)C(N)c2ccc(C)c(C)c21. The second kappa shape index (κ2) is 3.35. The van der Waals surface area contributed by atoms with Gasteiger partial charge in [0.05, 0.1) is 5.69 Å². The molecule has 0 bridgehead atoms. The van der Waals surface area contributed by atoms with Crippen LogP contribution < -0.4 is 10.6 Å². The minimum atomic E-state index is -0.473. The van der Waals surface area contributed by atoms with Gasteiger partial charge in [0, 0.05) is 12.1 Å². The third kappa shape index (κ3) is 1.27. The van der Waals surface area contributed by atoms with Crippen molar-refractivity contribution in [2.75, 3.05) is 11.4 Å². The van der Waals surface area contributed by atoms with Crippen molar-refractivity contribution in [3.8, 4) is 0 Å². The van der Waals surface area contributed by atoms with Crippen molar-refractivity contribution in [1.82, 2.24) is 0 Å². The number of rotatable bonds is 1. The molecule has 2 rings (SSSR count). The number of amides is 1. The molecule has 0 fully saturated rings. The molecule has 15 heavy (non-hydrogen) atoms. The van der Waals surface area contributed by atoms with E-state index in [0.717, 1.165) is 16.8 Å². The standard InChI is InChI=1S/C12H16N2O/c1-4-14-11-8(3)7(2)5-6-9(11)10(13)12(14)15/h5-6,10H,4,13H2,1-3H3. The summed E-state index contributed by atoms with van der Waals surface area (Å²) in [6, 6.07) is 3.52. The molecule has 1 aromatic rings. The molecule has 0 aromatic heterocycles. The molecule has 80 valence electrons. The third-order valence-electron chi connectivity index (χ3n) is 3.19. The Morgan fingerprint density at radius 2 is 2.07 bits per heavy atom. The van der Waals surface area contributed by atoms with Gasteiger partial charge in [0.2, 0.25) is 5.91 Å². The van der Waals surface area contributed by atoms with E-state index in [-0.39, 0.29) is 5.91 Å². The molecule has 3 heteroatoms. The minimum absolute atomic E-state index is 0.0150. The molecule has 1 aliphatic heterocycles. The summed E-state index contributed by atoms with van der Waals surface area (Å²) in [4.78, 5) is 13.6. The molecule has 1 atom stereocenters. The topological polar surface area (TPSA) is 46.3 Å². The van der Waals surface area contributed by atoms with E-state index in [1.807, 2.05) is 26.0 Å². The lowest BCUT2D eigenvalue weighted by molar-refractivity contribution is -0.119. The van der Waals surface area contributed by atoms with Gasteiger partial charge in [-0.2, -0.15) is 0 Å². The molecule has 1 aliphatic rings. The monoisotopic (exact) mass is 204 g/mol. The van der Waals surface area contributed by atoms with Crippen molar-refractivity contribution in [3.05, 3.63) is 28.8 Å². The van der Waals surface area contributed by atoms with E-state index in [1.165, 1.54) is 5.56 Å². The zero-order valence-corrected chi connectivity index (χ0v) is 9.37. The fourth-order valence-corrected chi connectivity index (χ4v) is 2.16. The maximum atomic E-state index is 11.9. The number of likely N-dealkylation sites (N-methyl/N-ethyl adjacent to an activating group) is 1. The van der Waals surface area contributed by atoms with E-state index >= 15 is 0 Å². The van der Waals surface area contributed by atoms with Gasteiger partial charge in [0.25, 0.3) is 0 Å². The zero-order chi connectivity index (χ0) is 11.2. The van der Waals surface area contributed by atoms with Gasteiger partial charge in [-0.1, -0.05) is 12.1 Å². The Morgan fingerprint density at radius 1 is 1.40 bits per heavy atom. The van der Waals surface area contributed by atoms with Crippen molar-refractivity contribution in [3.63, 3.8) is 0 Å². The average Bonchev–Trinajstić information content (AvgIpc) is 2.47. The molecule has 3 nitrogen and oxygen atoms in total. The Hall–Kier alpha value is -1.35. The normalized spacial score (nSPS) is 19.6. The van der Waals surface area contributed by atoms with Crippen molar-refractivity contribution in [2.24, 2.45) is 5.73 Å². The quantitative estimate of drug-likeness (QED) is 0.756. The fraction of sp³-hybridized carbons (Fsp3) is 0.417. The summed E-state index contributed by atoms with van der Waals surface area (Å²) in [6.45, 7) is 6.76. The van der Waals surface area contributed by atoms with Crippen LogP contribution in [0.5, 0.6) is 0 Å². The number of hydrogen-bond donors (Lipinski definition) is 1. The van der Waals surface area contributed by atoms with E-state index in [0.29, 0.717) is 6.54 Å². The lowest BCUT2D eigenvalue weighted by atomic mass is 10.0. The van der Waals surface area contributed by atoms with Crippen LogP contribution in [0.15, 0.2) is 12.1 Å². The Balaban J connectivity index is 2.66. The van der Waals surface area contributed by atoms with Crippen molar-refractivity contribution in [2.45, 2.75) is 26.8 Å². The number of hydrogen-bond acceptors (Lipinski definition) is 2. The number of benzene rings is 1. The number of nitrogens with zero attached hydrogens (tertiary/aromatic N) is 1. The first kappa shape index (κ1) is 10.2. The second-order valence-corrected chi connectivity index (χ2v) is 4.01. The number of nitrogens with two attached hydrogens (primary N) is 1. The molecule has 2 N–H and O–H groups in total. The lowest BCUT2D eigenvalue weighted by Gasteiger charge is -2.17. The van der Waals surface area contributed by atoms with Gasteiger partial charge >= 0.3 is 0 Å². The molecular weight excluding hydrogens is 188 g/mol. The van der Waals surface area contributed by atoms with Crippen LogP contribution in [0.1, 0.15) is 29.7 Å². The van der Waals surface area contributed by atoms with Crippen LogP contribution in [-0.4, -0.2) is 12.5 Å². The van der Waals surface area contributed by atoms with Crippen molar-refractivity contribution < 1.29 is 4.79 Å². The average molecular weight is 204 g/mol. The first-order valence-corrected chi connectivity index (χ1v) is 5.25. The molecule has 1 heterocycles. The Bertz CT molecular complexity index is 426. The Labute approximate surface area is 89.9 Å². The second-order valence-electron chi connectivity index (χ2n) is 4.01. The van der Waals surface area contributed by atoms with Crippen LogP contribution in [0.3, 0.4) is 0 Å². The molecule has 1 unspecified atom stereocenters. The molecule has 1 amide bonds. The number of aryl methyl sites for hydroxylation is 1. The van der Waals surface area contributed by atoms with E-state index in [4.69, 9.17) is 5.73 Å². The highest BCUT2D eigenvalue weighted by Gasteiger charge is 2.34. The summed E-state index contributed by atoms with van der Waals surface area (Å²) < 4.78 is 0. The highest BCUT2D eigenvalue weighted by Crippen LogP contribution is 2.38. The third-order valence-corrected chi connectivity index (χ3v) is 3.19. The first-order valence-electron chi connectivity index (χ1n) is 5.25. The van der Waals surface area contributed by atoms with Gasteiger partial charge in [-0.15, -0.1) is 0 Å². The summed E-state index contributed by atoms with van der Waals surface area (Å²) >= 11 is 0.